The third kappa shape index (κ3) is 4.11. The third-order valence-corrected chi connectivity index (χ3v) is 5.37. The van der Waals surface area contributed by atoms with Gasteiger partial charge in [0, 0.05) is 60.3 Å². The molecule has 4 rings (SSSR count). The van der Waals surface area contributed by atoms with Gasteiger partial charge in [-0.25, -0.2) is 0 Å². The number of rotatable bonds is 5. The van der Waals surface area contributed by atoms with Crippen molar-refractivity contribution in [3.63, 3.8) is 0 Å². The molecule has 1 amide bonds. The molecule has 142 valence electrons. The van der Waals surface area contributed by atoms with E-state index in [1.54, 1.807) is 6.20 Å². The van der Waals surface area contributed by atoms with Gasteiger partial charge in [-0.1, -0.05) is 6.07 Å². The van der Waals surface area contributed by atoms with Crippen molar-refractivity contribution in [3.05, 3.63) is 53.6 Å². The quantitative estimate of drug-likeness (QED) is 0.811. The largest absolute Gasteiger partial charge is 0.493 e. The molecule has 2 aliphatic rings. The molecule has 0 saturated carbocycles. The maximum atomic E-state index is 12.6. The van der Waals surface area contributed by atoms with Gasteiger partial charge in [-0.05, 0) is 26.0 Å². The molecule has 2 saturated heterocycles. The molecule has 6 nitrogen and oxygen atoms in total. The van der Waals surface area contributed by atoms with Crippen LogP contribution in [0.5, 0.6) is 5.75 Å². The number of pyridine rings is 2. The average Bonchev–Trinajstić information content (AvgIpc) is 3.21. The highest BCUT2D eigenvalue weighted by Gasteiger charge is 2.45. The van der Waals surface area contributed by atoms with Gasteiger partial charge >= 0.3 is 0 Å². The summed E-state index contributed by atoms with van der Waals surface area (Å²) >= 11 is 0. The lowest BCUT2D eigenvalue weighted by molar-refractivity contribution is -0.130. The number of hydrogen-bond acceptors (Lipinski definition) is 5. The van der Waals surface area contributed by atoms with Crippen molar-refractivity contribution in [2.24, 2.45) is 11.8 Å². The highest BCUT2D eigenvalue weighted by Crippen LogP contribution is 2.34. The molecule has 0 spiro atoms. The summed E-state index contributed by atoms with van der Waals surface area (Å²) in [6, 6.07) is 9.57. The van der Waals surface area contributed by atoms with Gasteiger partial charge in [0.05, 0.1) is 25.7 Å². The number of likely N-dealkylation sites (tertiary alicyclic amines) is 1. The van der Waals surface area contributed by atoms with Crippen LogP contribution in [-0.2, 0) is 16.0 Å². The van der Waals surface area contributed by atoms with Crippen LogP contribution >= 0.6 is 0 Å². The van der Waals surface area contributed by atoms with Gasteiger partial charge in [0.2, 0.25) is 5.91 Å². The van der Waals surface area contributed by atoms with Crippen molar-refractivity contribution >= 4 is 5.91 Å². The summed E-state index contributed by atoms with van der Waals surface area (Å²) in [4.78, 5) is 23.1. The summed E-state index contributed by atoms with van der Waals surface area (Å²) < 4.78 is 12.0. The predicted octanol–water partition coefficient (Wildman–Crippen LogP) is 2.19. The first-order valence-corrected chi connectivity index (χ1v) is 9.46. The summed E-state index contributed by atoms with van der Waals surface area (Å²) in [6.45, 7) is 6.64. The second-order valence-electron chi connectivity index (χ2n) is 7.49. The van der Waals surface area contributed by atoms with Crippen molar-refractivity contribution in [1.29, 1.82) is 0 Å². The molecule has 0 aliphatic carbocycles. The molecule has 3 atom stereocenters. The fraction of sp³-hybridized carbons (Fsp3) is 0.476. The van der Waals surface area contributed by atoms with Gasteiger partial charge in [-0.2, -0.15) is 0 Å². The van der Waals surface area contributed by atoms with Crippen molar-refractivity contribution < 1.29 is 14.3 Å². The standard InChI is InChI=1S/C21H25N3O3/c1-14-7-18(8-15(2)23-14)26-12-16-13-27-20-11-24(10-19(16)20)21(25)9-17-5-3-4-6-22-17/h3-8,16,19-20H,9-13H2,1-2H3/t16-,19+,20+/m0/s1. The van der Waals surface area contributed by atoms with E-state index in [0.717, 1.165) is 29.4 Å². The van der Waals surface area contributed by atoms with Gasteiger partial charge in [-0.3, -0.25) is 14.8 Å². The molecule has 2 aromatic rings. The molecule has 6 heteroatoms. The van der Waals surface area contributed by atoms with E-state index < -0.39 is 0 Å². The zero-order valence-corrected chi connectivity index (χ0v) is 15.8. The van der Waals surface area contributed by atoms with Crippen molar-refractivity contribution in [2.45, 2.75) is 26.4 Å². The number of hydrogen-bond donors (Lipinski definition) is 0. The van der Waals surface area contributed by atoms with Crippen LogP contribution < -0.4 is 4.74 Å². The molecule has 27 heavy (non-hydrogen) atoms. The Bertz CT molecular complexity index is 791. The first-order chi connectivity index (χ1) is 13.1. The number of fused-ring (bicyclic) bond motifs is 1. The molecule has 2 aromatic heterocycles. The van der Waals surface area contributed by atoms with Crippen LogP contribution in [0.25, 0.3) is 0 Å². The molecule has 0 aromatic carbocycles. The summed E-state index contributed by atoms with van der Waals surface area (Å²) in [7, 11) is 0. The second-order valence-corrected chi connectivity index (χ2v) is 7.49. The molecule has 0 radical (unpaired) electrons. The van der Waals surface area contributed by atoms with Crippen LogP contribution in [0.15, 0.2) is 36.5 Å². The first-order valence-electron chi connectivity index (χ1n) is 9.46. The van der Waals surface area contributed by atoms with Crippen molar-refractivity contribution in [2.75, 3.05) is 26.3 Å². The third-order valence-electron chi connectivity index (χ3n) is 5.37. The minimum absolute atomic E-state index is 0.117. The summed E-state index contributed by atoms with van der Waals surface area (Å²) in [5, 5.41) is 0. The van der Waals surface area contributed by atoms with Crippen LogP contribution in [0.3, 0.4) is 0 Å². The van der Waals surface area contributed by atoms with E-state index in [0.29, 0.717) is 38.0 Å². The molecule has 0 N–H and O–H groups in total. The highest BCUT2D eigenvalue weighted by atomic mass is 16.5. The zero-order valence-electron chi connectivity index (χ0n) is 15.8. The molecular formula is C21H25N3O3. The van der Waals surface area contributed by atoms with Gasteiger partial charge in [0.1, 0.15) is 5.75 Å². The molecule has 2 fully saturated rings. The van der Waals surface area contributed by atoms with E-state index in [2.05, 4.69) is 9.97 Å². The summed E-state index contributed by atoms with van der Waals surface area (Å²) in [5.74, 6) is 1.61. The fourth-order valence-corrected chi connectivity index (χ4v) is 4.03. The van der Waals surface area contributed by atoms with Gasteiger partial charge in [-0.15, -0.1) is 0 Å². The topological polar surface area (TPSA) is 64.6 Å². The molecule has 4 heterocycles. The van der Waals surface area contributed by atoms with Crippen LogP contribution in [0.1, 0.15) is 17.1 Å². The Labute approximate surface area is 159 Å². The molecule has 0 unspecified atom stereocenters. The Morgan fingerprint density at radius 1 is 1.26 bits per heavy atom. The lowest BCUT2D eigenvalue weighted by atomic mass is 9.94. The van der Waals surface area contributed by atoms with Crippen LogP contribution in [0.4, 0.5) is 0 Å². The average molecular weight is 367 g/mol. The Kier molecular flexibility index (Phi) is 5.07. The maximum absolute atomic E-state index is 12.6. The highest BCUT2D eigenvalue weighted by molar-refractivity contribution is 5.78. The Hall–Kier alpha value is -2.47. The first kappa shape index (κ1) is 17.9. The lowest BCUT2D eigenvalue weighted by Gasteiger charge is -2.20. The minimum atomic E-state index is 0.117. The number of aryl methyl sites for hydroxylation is 2. The maximum Gasteiger partial charge on any atom is 0.228 e. The lowest BCUT2D eigenvalue weighted by Crippen LogP contribution is -2.33. The molecule has 2 aliphatic heterocycles. The summed E-state index contributed by atoms with van der Waals surface area (Å²) in [6.07, 6.45) is 2.18. The van der Waals surface area contributed by atoms with Gasteiger partial charge < -0.3 is 14.4 Å². The second kappa shape index (κ2) is 7.64. The predicted molar refractivity (Wildman–Crippen MR) is 100 cm³/mol. The monoisotopic (exact) mass is 367 g/mol. The Morgan fingerprint density at radius 2 is 2.07 bits per heavy atom. The normalized spacial score (nSPS) is 24.1. The van der Waals surface area contributed by atoms with E-state index in [9.17, 15) is 4.79 Å². The number of carbonyl (C=O) groups is 1. The van der Waals surface area contributed by atoms with Crippen molar-refractivity contribution in [1.82, 2.24) is 14.9 Å². The Morgan fingerprint density at radius 3 is 2.81 bits per heavy atom. The smallest absolute Gasteiger partial charge is 0.228 e. The number of ether oxygens (including phenoxy) is 2. The Balaban J connectivity index is 1.33. The number of aromatic nitrogens is 2. The van der Waals surface area contributed by atoms with E-state index in [1.807, 2.05) is 49.1 Å². The fourth-order valence-electron chi connectivity index (χ4n) is 4.03. The zero-order chi connectivity index (χ0) is 18.8. The number of carbonyl (C=O) groups excluding carboxylic acids is 1. The van der Waals surface area contributed by atoms with Gasteiger partial charge in [0.15, 0.2) is 0 Å². The SMILES string of the molecule is Cc1cc(OC[C@H]2CO[C@@H]3CN(C(=O)Cc4ccccn4)C[C@H]23)cc(C)n1. The van der Waals surface area contributed by atoms with E-state index in [1.165, 1.54) is 0 Å². The molecular weight excluding hydrogens is 342 g/mol. The van der Waals surface area contributed by atoms with Gasteiger partial charge in [0.25, 0.3) is 0 Å². The number of amides is 1. The van der Waals surface area contributed by atoms with Crippen molar-refractivity contribution in [3.8, 4) is 5.75 Å². The van der Waals surface area contributed by atoms with Crippen LogP contribution in [-0.4, -0.2) is 53.2 Å². The summed E-state index contributed by atoms with van der Waals surface area (Å²) in [5.41, 5.74) is 2.72. The van der Waals surface area contributed by atoms with Crippen LogP contribution in [0, 0.1) is 25.7 Å². The van der Waals surface area contributed by atoms with E-state index in [4.69, 9.17) is 9.47 Å². The minimum Gasteiger partial charge on any atom is -0.493 e. The number of nitrogens with zero attached hydrogens (tertiary/aromatic N) is 3. The van der Waals surface area contributed by atoms with E-state index in [-0.39, 0.29) is 12.0 Å². The van der Waals surface area contributed by atoms with Crippen LogP contribution in [0.2, 0.25) is 0 Å². The molecule has 0 bridgehead atoms. The van der Waals surface area contributed by atoms with E-state index >= 15 is 0 Å².